The highest BCUT2D eigenvalue weighted by molar-refractivity contribution is 7.10. The molecular formula is C22H36N2O3S. The maximum absolute atomic E-state index is 13.3. The predicted molar refractivity (Wildman–Crippen MR) is 114 cm³/mol. The van der Waals surface area contributed by atoms with Gasteiger partial charge in [0.25, 0.3) is 0 Å². The molecule has 6 heteroatoms. The number of hydrogen-bond acceptors (Lipinski definition) is 4. The zero-order valence-corrected chi connectivity index (χ0v) is 18.9. The minimum Gasteiger partial charge on any atom is -0.388 e. The zero-order valence-electron chi connectivity index (χ0n) is 18.1. The van der Waals surface area contributed by atoms with Crippen LogP contribution in [0, 0.1) is 11.3 Å². The third-order valence-corrected chi connectivity index (χ3v) is 6.58. The predicted octanol–water partition coefficient (Wildman–Crippen LogP) is 4.13. The summed E-state index contributed by atoms with van der Waals surface area (Å²) in [5.41, 5.74) is -1.22. The van der Waals surface area contributed by atoms with Gasteiger partial charge in [-0.3, -0.25) is 9.59 Å². The highest BCUT2D eigenvalue weighted by Crippen LogP contribution is 2.40. The Balaban J connectivity index is 2.39. The van der Waals surface area contributed by atoms with Crippen LogP contribution in [0.2, 0.25) is 0 Å². The summed E-state index contributed by atoms with van der Waals surface area (Å²) in [5, 5.41) is 16.2. The van der Waals surface area contributed by atoms with E-state index in [-0.39, 0.29) is 29.2 Å². The van der Waals surface area contributed by atoms with Gasteiger partial charge in [-0.25, -0.2) is 0 Å². The molecule has 1 fully saturated rings. The second-order valence-electron chi connectivity index (χ2n) is 9.40. The van der Waals surface area contributed by atoms with Crippen LogP contribution in [-0.4, -0.2) is 40.0 Å². The molecule has 1 aromatic rings. The molecule has 1 aliphatic rings. The van der Waals surface area contributed by atoms with E-state index in [2.05, 4.69) is 5.32 Å². The molecule has 0 aliphatic carbocycles. The molecule has 0 unspecified atom stereocenters. The highest BCUT2D eigenvalue weighted by atomic mass is 32.1. The molecule has 5 nitrogen and oxygen atoms in total. The van der Waals surface area contributed by atoms with Gasteiger partial charge in [0.1, 0.15) is 0 Å². The largest absolute Gasteiger partial charge is 0.388 e. The number of amides is 2. The lowest BCUT2D eigenvalue weighted by atomic mass is 9.80. The molecule has 158 valence electrons. The van der Waals surface area contributed by atoms with Crippen molar-refractivity contribution in [3.8, 4) is 0 Å². The van der Waals surface area contributed by atoms with Crippen molar-refractivity contribution in [3.05, 3.63) is 22.4 Å². The first-order valence-electron chi connectivity index (χ1n) is 10.4. The summed E-state index contributed by atoms with van der Waals surface area (Å²) in [4.78, 5) is 28.9. The van der Waals surface area contributed by atoms with E-state index in [1.165, 1.54) is 0 Å². The SMILES string of the molecule is CCC(CC)C(=O)N1CC[C@@](C)(O)[C@@H](NC(=O)CC(C)(C)C)[C@@H]1c1cccs1. The first kappa shape index (κ1) is 22.9. The minimum atomic E-state index is -1.08. The van der Waals surface area contributed by atoms with Crippen molar-refractivity contribution < 1.29 is 14.7 Å². The zero-order chi connectivity index (χ0) is 21.1. The van der Waals surface area contributed by atoms with E-state index >= 15 is 0 Å². The first-order chi connectivity index (χ1) is 13.0. The number of carbonyl (C=O) groups is 2. The third-order valence-electron chi connectivity index (χ3n) is 5.64. The van der Waals surface area contributed by atoms with Gasteiger partial charge in [0.05, 0.1) is 17.7 Å². The fourth-order valence-corrected chi connectivity index (χ4v) is 4.87. The van der Waals surface area contributed by atoms with Crippen molar-refractivity contribution in [2.75, 3.05) is 6.54 Å². The summed E-state index contributed by atoms with van der Waals surface area (Å²) in [7, 11) is 0. The highest BCUT2D eigenvalue weighted by Gasteiger charge is 2.48. The monoisotopic (exact) mass is 408 g/mol. The molecule has 0 spiro atoms. The molecular weight excluding hydrogens is 372 g/mol. The van der Waals surface area contributed by atoms with Gasteiger partial charge >= 0.3 is 0 Å². The molecule has 1 saturated heterocycles. The van der Waals surface area contributed by atoms with Crippen LogP contribution in [0.1, 0.15) is 78.1 Å². The van der Waals surface area contributed by atoms with Crippen LogP contribution in [0.4, 0.5) is 0 Å². The Kier molecular flexibility index (Phi) is 7.32. The van der Waals surface area contributed by atoms with E-state index in [0.717, 1.165) is 17.7 Å². The van der Waals surface area contributed by atoms with Gasteiger partial charge in [0.15, 0.2) is 0 Å². The second-order valence-corrected chi connectivity index (χ2v) is 10.4. The number of carbonyl (C=O) groups excluding carboxylic acids is 2. The number of piperidine rings is 1. The van der Waals surface area contributed by atoms with Gasteiger partial charge in [0.2, 0.25) is 11.8 Å². The van der Waals surface area contributed by atoms with Gasteiger partial charge in [-0.2, -0.15) is 0 Å². The van der Waals surface area contributed by atoms with Crippen LogP contribution in [0.3, 0.4) is 0 Å². The van der Waals surface area contributed by atoms with Crippen LogP contribution in [0.25, 0.3) is 0 Å². The van der Waals surface area contributed by atoms with E-state index in [0.29, 0.717) is 19.4 Å². The Morgan fingerprint density at radius 3 is 2.50 bits per heavy atom. The molecule has 2 heterocycles. The lowest BCUT2D eigenvalue weighted by Gasteiger charge is -2.49. The smallest absolute Gasteiger partial charge is 0.226 e. The summed E-state index contributed by atoms with van der Waals surface area (Å²) >= 11 is 1.57. The Labute approximate surface area is 173 Å². The van der Waals surface area contributed by atoms with E-state index in [1.807, 2.05) is 57.0 Å². The van der Waals surface area contributed by atoms with Crippen LogP contribution in [0.5, 0.6) is 0 Å². The molecule has 0 saturated carbocycles. The average molecular weight is 409 g/mol. The molecule has 1 aromatic heterocycles. The number of likely N-dealkylation sites (tertiary alicyclic amines) is 1. The molecule has 3 atom stereocenters. The lowest BCUT2D eigenvalue weighted by Crippen LogP contribution is -2.63. The van der Waals surface area contributed by atoms with Gasteiger partial charge in [0, 0.05) is 23.8 Å². The number of rotatable bonds is 6. The summed E-state index contributed by atoms with van der Waals surface area (Å²) in [6.07, 6.45) is 2.40. The summed E-state index contributed by atoms with van der Waals surface area (Å²) < 4.78 is 0. The van der Waals surface area contributed by atoms with Crippen molar-refractivity contribution in [1.29, 1.82) is 0 Å². The molecule has 0 aromatic carbocycles. The maximum Gasteiger partial charge on any atom is 0.226 e. The topological polar surface area (TPSA) is 69.6 Å². The van der Waals surface area contributed by atoms with Gasteiger partial charge in [-0.05, 0) is 43.0 Å². The molecule has 2 N–H and O–H groups in total. The molecule has 28 heavy (non-hydrogen) atoms. The molecule has 1 aliphatic heterocycles. The molecule has 0 radical (unpaired) electrons. The molecule has 2 amide bonds. The Morgan fingerprint density at radius 1 is 1.36 bits per heavy atom. The minimum absolute atomic E-state index is 0.0311. The van der Waals surface area contributed by atoms with Gasteiger partial charge in [-0.1, -0.05) is 40.7 Å². The quantitative estimate of drug-likeness (QED) is 0.743. The summed E-state index contributed by atoms with van der Waals surface area (Å²) in [6, 6.07) is 3.07. The number of nitrogens with one attached hydrogen (secondary N) is 1. The standard InChI is InChI=1S/C22H36N2O3S/c1-7-15(8-2)20(26)24-12-11-22(6,27)19(18(24)16-10-9-13-28-16)23-17(25)14-21(3,4)5/h9-10,13,15,18-19,27H,7-8,11-12,14H2,1-6H3,(H,23,25)/t18-,19-,22+/m0/s1. The number of nitrogens with zero attached hydrogens (tertiary/aromatic N) is 1. The Hall–Kier alpha value is -1.40. The Bertz CT molecular complexity index is 660. The molecule has 0 bridgehead atoms. The van der Waals surface area contributed by atoms with Crippen molar-refractivity contribution >= 4 is 23.2 Å². The van der Waals surface area contributed by atoms with Crippen molar-refractivity contribution in [2.24, 2.45) is 11.3 Å². The summed E-state index contributed by atoms with van der Waals surface area (Å²) in [5.74, 6) is 0.00146. The van der Waals surface area contributed by atoms with Crippen molar-refractivity contribution in [3.63, 3.8) is 0 Å². The summed E-state index contributed by atoms with van der Waals surface area (Å²) in [6.45, 7) is 12.4. The average Bonchev–Trinajstić information content (AvgIpc) is 3.09. The normalized spacial score (nSPS) is 25.8. The van der Waals surface area contributed by atoms with E-state index < -0.39 is 11.6 Å². The van der Waals surface area contributed by atoms with Crippen LogP contribution >= 0.6 is 11.3 Å². The third kappa shape index (κ3) is 5.35. The van der Waals surface area contributed by atoms with Crippen LogP contribution in [0.15, 0.2) is 17.5 Å². The van der Waals surface area contributed by atoms with Crippen LogP contribution in [-0.2, 0) is 9.59 Å². The van der Waals surface area contributed by atoms with E-state index in [9.17, 15) is 14.7 Å². The first-order valence-corrected chi connectivity index (χ1v) is 11.2. The number of thiophene rings is 1. The fourth-order valence-electron chi connectivity index (χ4n) is 4.00. The maximum atomic E-state index is 13.3. The lowest BCUT2D eigenvalue weighted by molar-refractivity contribution is -0.150. The van der Waals surface area contributed by atoms with E-state index in [4.69, 9.17) is 0 Å². The second kappa shape index (κ2) is 8.95. The van der Waals surface area contributed by atoms with Gasteiger partial charge in [-0.15, -0.1) is 11.3 Å². The number of hydrogen-bond donors (Lipinski definition) is 2. The van der Waals surface area contributed by atoms with Crippen LogP contribution < -0.4 is 5.32 Å². The Morgan fingerprint density at radius 2 is 2.00 bits per heavy atom. The van der Waals surface area contributed by atoms with E-state index in [1.54, 1.807) is 18.3 Å². The van der Waals surface area contributed by atoms with Crippen molar-refractivity contribution in [1.82, 2.24) is 10.2 Å². The fraction of sp³-hybridized carbons (Fsp3) is 0.727. The van der Waals surface area contributed by atoms with Crippen molar-refractivity contribution in [2.45, 2.75) is 84.9 Å². The molecule has 2 rings (SSSR count). The van der Waals surface area contributed by atoms with Gasteiger partial charge < -0.3 is 15.3 Å². The number of aliphatic hydroxyl groups is 1.